The second-order valence-electron chi connectivity index (χ2n) is 7.20. The molecule has 0 saturated carbocycles. The lowest BCUT2D eigenvalue weighted by Gasteiger charge is -2.10. The molecule has 0 fully saturated rings. The first-order chi connectivity index (χ1) is 14.3. The van der Waals surface area contributed by atoms with E-state index in [9.17, 15) is 19.5 Å². The number of hydrogen-bond acceptors (Lipinski definition) is 6. The van der Waals surface area contributed by atoms with Crippen LogP contribution < -0.4 is 5.63 Å². The smallest absolute Gasteiger partial charge is 0.351 e. The Hall–Kier alpha value is -2.89. The molecule has 0 aliphatic heterocycles. The van der Waals surface area contributed by atoms with Crippen molar-refractivity contribution in [2.75, 3.05) is 7.11 Å². The topological polar surface area (TPSA) is 93.8 Å². The molecule has 6 heteroatoms. The zero-order valence-electron chi connectivity index (χ0n) is 18.3. The molecular weight excluding hydrogens is 384 g/mol. The Balaban J connectivity index is 2.84. The Labute approximate surface area is 177 Å². The normalized spacial score (nSPS) is 13.1. The summed E-state index contributed by atoms with van der Waals surface area (Å²) in [5.74, 6) is -1.27. The van der Waals surface area contributed by atoms with Gasteiger partial charge in [-0.25, -0.2) is 9.59 Å². The van der Waals surface area contributed by atoms with Crippen LogP contribution in [0.1, 0.15) is 81.3 Å². The first kappa shape index (κ1) is 25.1. The summed E-state index contributed by atoms with van der Waals surface area (Å²) >= 11 is 0. The minimum absolute atomic E-state index is 0.183. The maximum Gasteiger partial charge on any atom is 0.351 e. The van der Waals surface area contributed by atoms with E-state index in [0.29, 0.717) is 18.4 Å². The highest BCUT2D eigenvalue weighted by molar-refractivity contribution is 6.09. The van der Waals surface area contributed by atoms with E-state index in [0.717, 1.165) is 25.7 Å². The molecule has 0 radical (unpaired) electrons. The maximum atomic E-state index is 12.6. The minimum Gasteiger partial charge on any atom is -0.507 e. The van der Waals surface area contributed by atoms with Crippen LogP contribution in [0.5, 0.6) is 5.75 Å². The van der Waals surface area contributed by atoms with Crippen molar-refractivity contribution in [1.29, 1.82) is 0 Å². The van der Waals surface area contributed by atoms with Crippen molar-refractivity contribution in [3.63, 3.8) is 0 Å². The predicted molar refractivity (Wildman–Crippen MR) is 117 cm³/mol. The second kappa shape index (κ2) is 13.4. The highest BCUT2D eigenvalue weighted by Gasteiger charge is 2.21. The lowest BCUT2D eigenvalue weighted by molar-refractivity contribution is -0.134. The summed E-state index contributed by atoms with van der Waals surface area (Å²) in [6.45, 7) is 5.57. The van der Waals surface area contributed by atoms with Crippen LogP contribution >= 0.6 is 0 Å². The number of rotatable bonds is 12. The van der Waals surface area contributed by atoms with E-state index in [1.54, 1.807) is 25.2 Å². The second-order valence-corrected chi connectivity index (χ2v) is 7.20. The molecule has 1 aromatic heterocycles. The molecule has 6 nitrogen and oxygen atoms in total. The fourth-order valence-corrected chi connectivity index (χ4v) is 2.78. The van der Waals surface area contributed by atoms with Gasteiger partial charge in [0.1, 0.15) is 17.1 Å². The van der Waals surface area contributed by atoms with Crippen LogP contribution in [0.25, 0.3) is 0 Å². The lowest BCUT2D eigenvalue weighted by Crippen LogP contribution is -2.16. The fraction of sp³-hybridized carbons (Fsp3) is 0.458. The summed E-state index contributed by atoms with van der Waals surface area (Å²) in [7, 11) is 1.30. The summed E-state index contributed by atoms with van der Waals surface area (Å²) in [6.07, 6.45) is 13.9. The van der Waals surface area contributed by atoms with Gasteiger partial charge < -0.3 is 14.3 Å². The molecule has 0 aromatic carbocycles. The molecule has 0 amide bonds. The van der Waals surface area contributed by atoms with Gasteiger partial charge in [0.15, 0.2) is 5.78 Å². The van der Waals surface area contributed by atoms with Crippen LogP contribution in [0, 0.1) is 0 Å². The largest absolute Gasteiger partial charge is 0.507 e. The summed E-state index contributed by atoms with van der Waals surface area (Å²) in [5, 5.41) is 10.3. The van der Waals surface area contributed by atoms with Crippen LogP contribution in [-0.4, -0.2) is 24.0 Å². The molecule has 0 saturated heterocycles. The molecule has 0 aliphatic carbocycles. The Bertz CT molecular complexity index is 857. The van der Waals surface area contributed by atoms with Gasteiger partial charge in [-0.15, -0.1) is 0 Å². The van der Waals surface area contributed by atoms with Crippen molar-refractivity contribution in [3.8, 4) is 5.75 Å². The van der Waals surface area contributed by atoms with Crippen molar-refractivity contribution in [2.24, 2.45) is 0 Å². The molecule has 1 unspecified atom stereocenters. The van der Waals surface area contributed by atoms with Gasteiger partial charge in [0.25, 0.3) is 0 Å². The summed E-state index contributed by atoms with van der Waals surface area (Å²) in [6, 6.07) is 1.32. The Morgan fingerprint density at radius 3 is 2.60 bits per heavy atom. The van der Waals surface area contributed by atoms with E-state index < -0.39 is 17.4 Å². The number of unbranched alkanes of at least 4 members (excludes halogenated alkanes) is 3. The molecule has 1 N–H and O–H groups in total. The third kappa shape index (κ3) is 8.23. The molecule has 1 heterocycles. The van der Waals surface area contributed by atoms with E-state index in [1.807, 2.05) is 13.0 Å². The highest BCUT2D eigenvalue weighted by atomic mass is 16.5. The predicted octanol–water partition coefficient (Wildman–Crippen LogP) is 5.22. The van der Waals surface area contributed by atoms with Crippen molar-refractivity contribution >= 4 is 11.8 Å². The van der Waals surface area contributed by atoms with Crippen LogP contribution in [0.4, 0.5) is 0 Å². The van der Waals surface area contributed by atoms with Gasteiger partial charge in [-0.2, -0.15) is 0 Å². The Morgan fingerprint density at radius 1 is 1.23 bits per heavy atom. The number of hydrogen-bond donors (Lipinski definition) is 1. The van der Waals surface area contributed by atoms with Gasteiger partial charge in [0.2, 0.25) is 0 Å². The van der Waals surface area contributed by atoms with Crippen LogP contribution in [0.3, 0.4) is 0 Å². The molecule has 1 atom stereocenters. The monoisotopic (exact) mass is 416 g/mol. The molecule has 0 bridgehead atoms. The van der Waals surface area contributed by atoms with Gasteiger partial charge in [0.05, 0.1) is 7.11 Å². The van der Waals surface area contributed by atoms with E-state index >= 15 is 0 Å². The lowest BCUT2D eigenvalue weighted by atomic mass is 9.99. The average Bonchev–Trinajstić information content (AvgIpc) is 2.72. The van der Waals surface area contributed by atoms with Crippen molar-refractivity contribution in [3.05, 3.63) is 63.8 Å². The van der Waals surface area contributed by atoms with Crippen LogP contribution in [0.15, 0.2) is 51.2 Å². The highest BCUT2D eigenvalue weighted by Crippen LogP contribution is 2.26. The Morgan fingerprint density at radius 2 is 1.97 bits per heavy atom. The van der Waals surface area contributed by atoms with E-state index in [1.165, 1.54) is 19.3 Å². The fourth-order valence-electron chi connectivity index (χ4n) is 2.78. The number of allylic oxidation sites excluding steroid dienone is 5. The van der Waals surface area contributed by atoms with Crippen molar-refractivity contribution in [2.45, 2.75) is 65.2 Å². The summed E-state index contributed by atoms with van der Waals surface area (Å²) in [4.78, 5) is 36.0. The summed E-state index contributed by atoms with van der Waals surface area (Å²) in [5.41, 5.74) is -0.866. The van der Waals surface area contributed by atoms with Crippen LogP contribution in [0.2, 0.25) is 0 Å². The van der Waals surface area contributed by atoms with E-state index in [-0.39, 0.29) is 23.0 Å². The zero-order chi connectivity index (χ0) is 22.5. The van der Waals surface area contributed by atoms with Crippen molar-refractivity contribution in [1.82, 2.24) is 0 Å². The average molecular weight is 417 g/mol. The standard InChI is InChI=1S/C24H32O6/c1-5-6-7-8-9-10-14-18(3)23(27)22-19(25)16-20(30-24(22)28)17(2)13-11-12-15-21(26)29-4/h9-10,12,14-17,25H,5-8,11,13H2,1-4H3/b10-9+,15-12+,18-14+. The van der Waals surface area contributed by atoms with Gasteiger partial charge in [-0.1, -0.05) is 51.0 Å². The van der Waals surface area contributed by atoms with E-state index in [4.69, 9.17) is 4.42 Å². The number of esters is 1. The number of ether oxygens (including phenoxy) is 1. The molecule has 164 valence electrons. The quantitative estimate of drug-likeness (QED) is 0.165. The number of Topliss-reactive ketones (excluding diaryl/α,β-unsaturated/α-hetero) is 1. The van der Waals surface area contributed by atoms with Crippen LogP contribution in [-0.2, 0) is 9.53 Å². The summed E-state index contributed by atoms with van der Waals surface area (Å²) < 4.78 is 9.81. The molecule has 0 aliphatic rings. The van der Waals surface area contributed by atoms with Gasteiger partial charge in [0, 0.05) is 18.1 Å². The third-order valence-corrected chi connectivity index (χ3v) is 4.70. The number of aromatic hydroxyl groups is 1. The number of ketones is 1. The minimum atomic E-state index is -0.855. The molecule has 1 aromatic rings. The van der Waals surface area contributed by atoms with E-state index in [2.05, 4.69) is 11.7 Å². The van der Waals surface area contributed by atoms with Gasteiger partial charge >= 0.3 is 11.6 Å². The first-order valence-electron chi connectivity index (χ1n) is 10.3. The molecule has 30 heavy (non-hydrogen) atoms. The third-order valence-electron chi connectivity index (χ3n) is 4.70. The maximum absolute atomic E-state index is 12.6. The molecule has 0 spiro atoms. The van der Waals surface area contributed by atoms with Crippen molar-refractivity contribution < 1.29 is 23.8 Å². The SMILES string of the molecule is CCCCC/C=C/C=C(\C)C(=O)c1c(O)cc(C(C)CC/C=C/C(=O)OC)oc1=O. The number of methoxy groups -OCH3 is 1. The number of carbonyl (C=O) groups excluding carboxylic acids is 2. The first-order valence-corrected chi connectivity index (χ1v) is 10.3. The number of carbonyl (C=O) groups is 2. The molecular formula is C24H32O6. The molecule has 1 rings (SSSR count). The zero-order valence-corrected chi connectivity index (χ0v) is 18.3. The van der Waals surface area contributed by atoms with Gasteiger partial charge in [-0.3, -0.25) is 4.79 Å². The van der Waals surface area contributed by atoms with Gasteiger partial charge in [-0.05, 0) is 38.2 Å². The Kier molecular flexibility index (Phi) is 11.2.